The number of esters is 1. The van der Waals surface area contributed by atoms with E-state index in [0.29, 0.717) is 44.5 Å². The van der Waals surface area contributed by atoms with Crippen LogP contribution in [0.1, 0.15) is 111 Å². The number of rotatable bonds is 23. The highest BCUT2D eigenvalue weighted by Crippen LogP contribution is 2.21. The lowest BCUT2D eigenvalue weighted by Gasteiger charge is -2.30. The maximum Gasteiger partial charge on any atom is 0.501 e. The largest absolute Gasteiger partial charge is 0.501 e. The van der Waals surface area contributed by atoms with E-state index in [1.165, 1.54) is 57.8 Å². The highest BCUT2D eigenvalue weighted by Gasteiger charge is 2.40. The molecule has 0 fully saturated rings. The van der Waals surface area contributed by atoms with Gasteiger partial charge in [0.2, 0.25) is 0 Å². The number of carbonyl (C=O) groups excluding carboxylic acids is 1. The monoisotopic (exact) mass is 458 g/mol. The summed E-state index contributed by atoms with van der Waals surface area (Å²) in [4.78, 5) is 11.7. The minimum absolute atomic E-state index is 0.339. The van der Waals surface area contributed by atoms with Crippen molar-refractivity contribution in [2.24, 2.45) is 0 Å². The molecule has 0 aliphatic carbocycles. The summed E-state index contributed by atoms with van der Waals surface area (Å²) in [7, 11) is -2.79. The zero-order chi connectivity index (χ0) is 23.2. The summed E-state index contributed by atoms with van der Waals surface area (Å²) in [5.74, 6) is -0.339. The van der Waals surface area contributed by atoms with Crippen LogP contribution in [-0.2, 0) is 22.8 Å². The summed E-state index contributed by atoms with van der Waals surface area (Å²) in [6, 6.07) is 0.686. The van der Waals surface area contributed by atoms with E-state index in [0.717, 1.165) is 19.3 Å². The van der Waals surface area contributed by atoms with Crippen LogP contribution in [0, 0.1) is 0 Å². The zero-order valence-electron chi connectivity index (χ0n) is 21.0. The Morgan fingerprint density at radius 1 is 0.645 bits per heavy atom. The van der Waals surface area contributed by atoms with Crippen LogP contribution in [0.15, 0.2) is 12.2 Å². The van der Waals surface area contributed by atoms with Gasteiger partial charge in [0.05, 0.1) is 6.61 Å². The van der Waals surface area contributed by atoms with Gasteiger partial charge in [0, 0.05) is 31.4 Å². The van der Waals surface area contributed by atoms with Gasteiger partial charge in [-0.1, -0.05) is 85.1 Å². The average Bonchev–Trinajstić information content (AvgIpc) is 2.76. The number of unbranched alkanes of at least 4 members (excludes halogenated alkanes) is 9. The van der Waals surface area contributed by atoms with E-state index in [1.807, 2.05) is 0 Å². The summed E-state index contributed by atoms with van der Waals surface area (Å²) in [5, 5.41) is 0. The van der Waals surface area contributed by atoms with Crippen molar-refractivity contribution in [3.63, 3.8) is 0 Å². The van der Waals surface area contributed by atoms with E-state index in [9.17, 15) is 4.79 Å². The molecule has 0 saturated carbocycles. The van der Waals surface area contributed by atoms with Crippen LogP contribution in [0.5, 0.6) is 0 Å². The van der Waals surface area contributed by atoms with Crippen molar-refractivity contribution in [2.75, 3.05) is 26.4 Å². The second-order valence-corrected chi connectivity index (χ2v) is 11.2. The Morgan fingerprint density at radius 2 is 1.06 bits per heavy atom. The van der Waals surface area contributed by atoms with Crippen LogP contribution in [0.3, 0.4) is 0 Å². The minimum atomic E-state index is -2.79. The van der Waals surface area contributed by atoms with Crippen molar-refractivity contribution in [3.8, 4) is 0 Å². The number of hydrogen-bond acceptors (Lipinski definition) is 5. The van der Waals surface area contributed by atoms with Gasteiger partial charge in [-0.05, 0) is 32.6 Å². The lowest BCUT2D eigenvalue weighted by atomic mass is 10.2. The van der Waals surface area contributed by atoms with Crippen LogP contribution >= 0.6 is 0 Å². The van der Waals surface area contributed by atoms with E-state index in [4.69, 9.17) is 18.0 Å². The fourth-order valence-corrected chi connectivity index (χ4v) is 5.81. The smallest absolute Gasteiger partial charge is 0.462 e. The third kappa shape index (κ3) is 17.5. The molecule has 0 N–H and O–H groups in total. The Bertz CT molecular complexity index is 406. The fraction of sp³-hybridized carbons (Fsp3) is 0.880. The van der Waals surface area contributed by atoms with Crippen LogP contribution in [-0.4, -0.2) is 41.2 Å². The fourth-order valence-electron chi connectivity index (χ4n) is 3.19. The van der Waals surface area contributed by atoms with E-state index in [2.05, 4.69) is 27.4 Å². The first-order valence-electron chi connectivity index (χ1n) is 12.8. The molecule has 31 heavy (non-hydrogen) atoms. The predicted octanol–water partition coefficient (Wildman–Crippen LogP) is 7.23. The van der Waals surface area contributed by atoms with Crippen LogP contribution < -0.4 is 0 Å². The first kappa shape index (κ1) is 30.3. The molecular weight excluding hydrogens is 408 g/mol. The normalized spacial score (nSPS) is 11.6. The van der Waals surface area contributed by atoms with Crippen LogP contribution in [0.4, 0.5) is 0 Å². The lowest BCUT2D eigenvalue weighted by Crippen LogP contribution is -2.47. The van der Waals surface area contributed by atoms with Gasteiger partial charge in [0.25, 0.3) is 0 Å². The molecule has 0 aromatic heterocycles. The molecule has 0 aliphatic heterocycles. The first-order chi connectivity index (χ1) is 15.0. The molecule has 6 heteroatoms. The van der Waals surface area contributed by atoms with Gasteiger partial charge in [-0.15, -0.1) is 0 Å². The molecule has 0 atom stereocenters. The Labute approximate surface area is 193 Å². The Hall–Kier alpha value is -0.693. The number of ether oxygens (including phenoxy) is 1. The molecule has 0 aromatic rings. The third-order valence-corrected chi connectivity index (χ3v) is 8.07. The van der Waals surface area contributed by atoms with Crippen molar-refractivity contribution < 1.29 is 22.8 Å². The van der Waals surface area contributed by atoms with Gasteiger partial charge < -0.3 is 18.0 Å². The zero-order valence-corrected chi connectivity index (χ0v) is 22.0. The first-order valence-corrected chi connectivity index (χ1v) is 14.7. The Kier molecular flexibility index (Phi) is 20.7. The average molecular weight is 459 g/mol. The third-order valence-electron chi connectivity index (χ3n) is 5.17. The molecule has 0 saturated heterocycles. The SMILES string of the molecule is C=C(C)C(=O)OCCC[Si](OCCCCCC)(OCCCCCC)OCCCCCC. The highest BCUT2D eigenvalue weighted by atomic mass is 28.4. The second-order valence-electron chi connectivity index (χ2n) is 8.43. The van der Waals surface area contributed by atoms with Crippen LogP contribution in [0.25, 0.3) is 0 Å². The number of carbonyl (C=O) groups is 1. The molecule has 0 amide bonds. The van der Waals surface area contributed by atoms with Gasteiger partial charge in [-0.3, -0.25) is 0 Å². The molecule has 5 nitrogen and oxygen atoms in total. The van der Waals surface area contributed by atoms with E-state index in [-0.39, 0.29) is 5.97 Å². The van der Waals surface area contributed by atoms with Gasteiger partial charge in [0.15, 0.2) is 0 Å². The van der Waals surface area contributed by atoms with E-state index in [1.54, 1.807) is 6.92 Å². The summed E-state index contributed by atoms with van der Waals surface area (Å²) in [6.07, 6.45) is 14.6. The van der Waals surface area contributed by atoms with Crippen molar-refractivity contribution in [1.82, 2.24) is 0 Å². The molecule has 0 bridgehead atoms. The molecule has 0 aromatic carbocycles. The van der Waals surface area contributed by atoms with Crippen molar-refractivity contribution in [2.45, 2.75) is 117 Å². The molecule has 0 heterocycles. The van der Waals surface area contributed by atoms with Gasteiger partial charge in [-0.25, -0.2) is 4.79 Å². The summed E-state index contributed by atoms with van der Waals surface area (Å²) in [5.41, 5.74) is 0.426. The van der Waals surface area contributed by atoms with Crippen molar-refractivity contribution >= 4 is 14.8 Å². The molecule has 184 valence electrons. The van der Waals surface area contributed by atoms with Gasteiger partial charge >= 0.3 is 14.8 Å². The second kappa shape index (κ2) is 21.2. The topological polar surface area (TPSA) is 54.0 Å². The van der Waals surface area contributed by atoms with E-state index >= 15 is 0 Å². The molecule has 0 spiro atoms. The molecule has 0 aliphatic rings. The Balaban J connectivity index is 4.86. The maximum absolute atomic E-state index is 11.7. The lowest BCUT2D eigenvalue weighted by molar-refractivity contribution is -0.139. The summed E-state index contributed by atoms with van der Waals surface area (Å²) in [6.45, 7) is 14.3. The quantitative estimate of drug-likeness (QED) is 0.0700. The molecule has 0 unspecified atom stereocenters. The Morgan fingerprint density at radius 3 is 1.42 bits per heavy atom. The molecule has 0 rings (SSSR count). The van der Waals surface area contributed by atoms with Gasteiger partial charge in [0.1, 0.15) is 0 Å². The standard InChI is InChI=1S/C25H50O5Si/c1-6-9-12-15-20-28-31(29-21-16-13-10-7-2,30-22-17-14-11-8-3)23-18-19-27-25(26)24(4)5/h4,6-23H2,1-3,5H3. The predicted molar refractivity (Wildman–Crippen MR) is 131 cm³/mol. The van der Waals surface area contributed by atoms with Gasteiger partial charge in [-0.2, -0.15) is 0 Å². The summed E-state index contributed by atoms with van der Waals surface area (Å²) < 4.78 is 24.4. The van der Waals surface area contributed by atoms with Crippen LogP contribution in [0.2, 0.25) is 6.04 Å². The van der Waals surface area contributed by atoms with E-state index < -0.39 is 8.80 Å². The maximum atomic E-state index is 11.7. The van der Waals surface area contributed by atoms with Crippen molar-refractivity contribution in [1.29, 1.82) is 0 Å². The summed E-state index contributed by atoms with van der Waals surface area (Å²) >= 11 is 0. The molecular formula is C25H50O5Si. The number of hydrogen-bond donors (Lipinski definition) is 0. The minimum Gasteiger partial charge on any atom is -0.462 e. The molecule has 0 radical (unpaired) electrons. The van der Waals surface area contributed by atoms with Crippen molar-refractivity contribution in [3.05, 3.63) is 12.2 Å². The highest BCUT2D eigenvalue weighted by molar-refractivity contribution is 6.60.